The lowest BCUT2D eigenvalue weighted by Gasteiger charge is -2.03. The highest BCUT2D eigenvalue weighted by molar-refractivity contribution is 9.10. The fraction of sp³-hybridized carbons (Fsp3) is 0. The third kappa shape index (κ3) is 3.74. The van der Waals surface area contributed by atoms with Crippen LogP contribution in [0.3, 0.4) is 0 Å². The first-order valence-electron chi connectivity index (χ1n) is 5.78. The van der Waals surface area contributed by atoms with Crippen LogP contribution in [-0.4, -0.2) is 22.3 Å². The Morgan fingerprint density at radius 3 is 2.67 bits per heavy atom. The van der Waals surface area contributed by atoms with Crippen LogP contribution in [0.15, 0.2) is 46.0 Å². The summed E-state index contributed by atoms with van der Waals surface area (Å²) in [6.45, 7) is 0. The molecule has 0 saturated carbocycles. The second-order valence-corrected chi connectivity index (χ2v) is 5.31. The number of hydrogen-bond acceptors (Lipinski definition) is 4. The van der Waals surface area contributed by atoms with E-state index in [-0.39, 0.29) is 16.7 Å². The lowest BCUT2D eigenvalue weighted by Crippen LogP contribution is -2.18. The molecule has 5 nitrogen and oxygen atoms in total. The molecule has 0 atom stereocenters. The van der Waals surface area contributed by atoms with Gasteiger partial charge in [0.05, 0.1) is 16.8 Å². The highest BCUT2D eigenvalue weighted by atomic mass is 79.9. The van der Waals surface area contributed by atoms with Crippen LogP contribution in [0.1, 0.15) is 15.9 Å². The Kier molecular flexibility index (Phi) is 4.82. The molecule has 0 aliphatic heterocycles. The second-order valence-electron chi connectivity index (χ2n) is 4.05. The third-order valence-electron chi connectivity index (χ3n) is 2.56. The highest BCUT2D eigenvalue weighted by Gasteiger charge is 2.08. The Morgan fingerprint density at radius 1 is 1.29 bits per heavy atom. The Hall–Kier alpha value is -2.05. The van der Waals surface area contributed by atoms with Crippen molar-refractivity contribution in [2.45, 2.75) is 0 Å². The monoisotopic (exact) mass is 368 g/mol. The minimum atomic E-state index is -0.397. The fourth-order valence-corrected chi connectivity index (χ4v) is 2.24. The minimum Gasteiger partial charge on any atom is -0.504 e. The number of nitrogens with zero attached hydrogens (tertiary/aromatic N) is 1. The van der Waals surface area contributed by atoms with Gasteiger partial charge in [-0.15, -0.1) is 0 Å². The van der Waals surface area contributed by atoms with Gasteiger partial charge in [-0.3, -0.25) is 4.79 Å². The van der Waals surface area contributed by atoms with Crippen molar-refractivity contribution in [2.24, 2.45) is 5.10 Å². The van der Waals surface area contributed by atoms with Crippen molar-refractivity contribution in [3.05, 3.63) is 57.0 Å². The van der Waals surface area contributed by atoms with Crippen molar-refractivity contribution in [1.82, 2.24) is 5.43 Å². The number of carbonyl (C=O) groups excluding carboxylic acids is 1. The maximum absolute atomic E-state index is 11.9. The largest absolute Gasteiger partial charge is 0.504 e. The first-order chi connectivity index (χ1) is 9.99. The van der Waals surface area contributed by atoms with E-state index in [1.165, 1.54) is 18.3 Å². The minimum absolute atomic E-state index is 0.00594. The molecule has 2 aromatic carbocycles. The molecule has 0 fully saturated rings. The van der Waals surface area contributed by atoms with Crippen LogP contribution in [0.2, 0.25) is 5.02 Å². The molecule has 0 saturated heterocycles. The van der Waals surface area contributed by atoms with E-state index in [1.54, 1.807) is 24.3 Å². The van der Waals surface area contributed by atoms with Crippen molar-refractivity contribution < 1.29 is 15.0 Å². The molecule has 0 radical (unpaired) electrons. The Balaban J connectivity index is 2.10. The summed E-state index contributed by atoms with van der Waals surface area (Å²) < 4.78 is 0.656. The van der Waals surface area contributed by atoms with Crippen LogP contribution < -0.4 is 5.43 Å². The van der Waals surface area contributed by atoms with Crippen molar-refractivity contribution in [1.29, 1.82) is 0 Å². The van der Waals surface area contributed by atoms with E-state index in [1.807, 2.05) is 0 Å². The fourth-order valence-electron chi connectivity index (χ4n) is 1.55. The van der Waals surface area contributed by atoms with Crippen LogP contribution in [-0.2, 0) is 0 Å². The van der Waals surface area contributed by atoms with Gasteiger partial charge in [0, 0.05) is 4.47 Å². The lowest BCUT2D eigenvalue weighted by atomic mass is 10.2. The van der Waals surface area contributed by atoms with Gasteiger partial charge in [-0.25, -0.2) is 5.43 Å². The molecule has 21 heavy (non-hydrogen) atoms. The summed E-state index contributed by atoms with van der Waals surface area (Å²) >= 11 is 8.98. The van der Waals surface area contributed by atoms with Gasteiger partial charge in [-0.1, -0.05) is 23.7 Å². The van der Waals surface area contributed by atoms with E-state index < -0.39 is 5.75 Å². The molecule has 3 N–H and O–H groups in total. The summed E-state index contributed by atoms with van der Waals surface area (Å²) in [5.74, 6) is -1.14. The van der Waals surface area contributed by atoms with Crippen LogP contribution in [0.25, 0.3) is 0 Å². The number of aromatic hydroxyl groups is 2. The van der Waals surface area contributed by atoms with Crippen molar-refractivity contribution in [2.75, 3.05) is 0 Å². The predicted molar refractivity (Wildman–Crippen MR) is 84.0 cm³/mol. The summed E-state index contributed by atoms with van der Waals surface area (Å²) in [6, 6.07) is 9.61. The zero-order valence-electron chi connectivity index (χ0n) is 10.5. The zero-order chi connectivity index (χ0) is 15.4. The molecule has 2 rings (SSSR count). The number of phenols is 2. The Bertz CT molecular complexity index is 696. The van der Waals surface area contributed by atoms with Crippen LogP contribution in [0.4, 0.5) is 0 Å². The number of carbonyl (C=O) groups is 1. The quantitative estimate of drug-likeness (QED) is 0.441. The SMILES string of the molecule is O=C(N/N=C/c1cc(O)c(O)c(Cl)c1)c1ccccc1Br. The topological polar surface area (TPSA) is 81.9 Å². The number of rotatable bonds is 3. The molecule has 0 bridgehead atoms. The van der Waals surface area contributed by atoms with E-state index in [0.717, 1.165) is 0 Å². The molecule has 108 valence electrons. The van der Waals surface area contributed by atoms with Crippen molar-refractivity contribution in [3.8, 4) is 11.5 Å². The molecular formula is C14H10BrClN2O3. The van der Waals surface area contributed by atoms with Gasteiger partial charge in [0.2, 0.25) is 0 Å². The van der Waals surface area contributed by atoms with E-state index >= 15 is 0 Å². The summed E-state index contributed by atoms with van der Waals surface area (Å²) in [6.07, 6.45) is 1.31. The standard InChI is InChI=1S/C14H10BrClN2O3/c15-10-4-2-1-3-9(10)14(21)18-17-7-8-5-11(16)13(20)12(19)6-8/h1-7,19-20H,(H,18,21)/b17-7+. The molecule has 0 aliphatic carbocycles. The van der Waals surface area contributed by atoms with Crippen LogP contribution in [0, 0.1) is 0 Å². The van der Waals surface area contributed by atoms with Gasteiger partial charge in [0.1, 0.15) is 0 Å². The number of phenolic OH excluding ortho intramolecular Hbond substituents is 2. The lowest BCUT2D eigenvalue weighted by molar-refractivity contribution is 0.0954. The third-order valence-corrected chi connectivity index (χ3v) is 3.54. The van der Waals surface area contributed by atoms with Crippen molar-refractivity contribution >= 4 is 39.7 Å². The molecule has 0 aromatic heterocycles. The molecule has 2 aromatic rings. The normalized spacial score (nSPS) is 10.8. The van der Waals surface area contributed by atoms with E-state index in [4.69, 9.17) is 11.6 Å². The summed E-state index contributed by atoms with van der Waals surface area (Å²) in [5.41, 5.74) is 3.23. The molecular weight excluding hydrogens is 360 g/mol. The van der Waals surface area contributed by atoms with Gasteiger partial charge >= 0.3 is 0 Å². The van der Waals surface area contributed by atoms with Crippen LogP contribution in [0.5, 0.6) is 11.5 Å². The smallest absolute Gasteiger partial charge is 0.272 e. The number of hydrogen-bond donors (Lipinski definition) is 3. The van der Waals surface area contributed by atoms with Gasteiger partial charge in [-0.2, -0.15) is 5.10 Å². The average Bonchev–Trinajstić information content (AvgIpc) is 2.45. The molecule has 0 heterocycles. The first-order valence-corrected chi connectivity index (χ1v) is 6.95. The molecule has 0 aliphatic rings. The van der Waals surface area contributed by atoms with Gasteiger partial charge in [0.15, 0.2) is 11.5 Å². The first kappa shape index (κ1) is 15.3. The molecule has 0 unspecified atom stereocenters. The summed E-state index contributed by atoms with van der Waals surface area (Å²) in [4.78, 5) is 11.9. The van der Waals surface area contributed by atoms with Gasteiger partial charge < -0.3 is 10.2 Å². The number of amides is 1. The van der Waals surface area contributed by atoms with E-state index in [0.29, 0.717) is 15.6 Å². The Morgan fingerprint density at radius 2 is 2.00 bits per heavy atom. The molecule has 1 amide bonds. The second kappa shape index (κ2) is 6.60. The number of nitrogens with one attached hydrogen (secondary N) is 1. The summed E-state index contributed by atoms with van der Waals surface area (Å²) in [5, 5.41) is 22.5. The average molecular weight is 370 g/mol. The number of halogens is 2. The predicted octanol–water partition coefficient (Wildman–Crippen LogP) is 3.28. The van der Waals surface area contributed by atoms with E-state index in [2.05, 4.69) is 26.5 Å². The molecule has 0 spiro atoms. The van der Waals surface area contributed by atoms with Crippen molar-refractivity contribution in [3.63, 3.8) is 0 Å². The molecule has 7 heteroatoms. The maximum atomic E-state index is 11.9. The number of benzene rings is 2. The van der Waals surface area contributed by atoms with Gasteiger partial charge in [-0.05, 0) is 45.8 Å². The van der Waals surface area contributed by atoms with Gasteiger partial charge in [0.25, 0.3) is 5.91 Å². The zero-order valence-corrected chi connectivity index (χ0v) is 12.9. The Labute approximate surface area is 134 Å². The van der Waals surface area contributed by atoms with Crippen LogP contribution >= 0.6 is 27.5 Å². The summed E-state index contributed by atoms with van der Waals surface area (Å²) in [7, 11) is 0. The van der Waals surface area contributed by atoms with E-state index in [9.17, 15) is 15.0 Å². The highest BCUT2D eigenvalue weighted by Crippen LogP contribution is 2.33. The number of hydrazone groups is 1. The maximum Gasteiger partial charge on any atom is 0.272 e.